The van der Waals surface area contributed by atoms with Crippen molar-refractivity contribution in [3.8, 4) is 11.5 Å². The summed E-state index contributed by atoms with van der Waals surface area (Å²) in [6.45, 7) is 2.04. The molecule has 2 aliphatic heterocycles. The number of nitrogens with one attached hydrogen (secondary N) is 2. The maximum atomic E-state index is 13.7. The molecule has 0 bridgehead atoms. The molecule has 2 aliphatic rings. The van der Waals surface area contributed by atoms with E-state index in [1.165, 1.54) is 19.2 Å². The summed E-state index contributed by atoms with van der Waals surface area (Å²) in [7, 11) is 0. The number of phenolic OH excluding ortho intramolecular Hbond substituents is 2. The molecule has 1 fully saturated rings. The number of carbonyl (C=O) groups is 5. The first kappa shape index (κ1) is 31.0. The number of fused-ring (bicyclic) bond motifs is 1. The van der Waals surface area contributed by atoms with Crippen LogP contribution in [0.3, 0.4) is 0 Å². The molecule has 1 unspecified atom stereocenters. The largest absolute Gasteiger partial charge is 0.504 e. The van der Waals surface area contributed by atoms with E-state index in [1.54, 1.807) is 0 Å². The van der Waals surface area contributed by atoms with Gasteiger partial charge in [0.25, 0.3) is 17.7 Å². The minimum absolute atomic E-state index is 0.0113. The fourth-order valence-corrected chi connectivity index (χ4v) is 5.73. The highest BCUT2D eigenvalue weighted by Crippen LogP contribution is 2.40. The second kappa shape index (κ2) is 11.8. The van der Waals surface area contributed by atoms with E-state index in [0.717, 1.165) is 34.1 Å². The number of carbonyl (C=O) groups excluding carboxylic acids is 3. The lowest BCUT2D eigenvalue weighted by molar-refractivity contribution is -0.161. The smallest absolute Gasteiger partial charge is 0.352 e. The van der Waals surface area contributed by atoms with Crippen LogP contribution < -0.4 is 16.4 Å². The number of thiazole rings is 1. The number of nitrogens with zero attached hydrogens (tertiary/aromatic N) is 3. The van der Waals surface area contributed by atoms with Gasteiger partial charge in [-0.3, -0.25) is 19.3 Å². The summed E-state index contributed by atoms with van der Waals surface area (Å²) < 4.78 is 13.7. The summed E-state index contributed by atoms with van der Waals surface area (Å²) in [4.78, 5) is 72.2. The molecular formula is C24H23FN6O10S2. The monoisotopic (exact) mass is 638 g/mol. The Morgan fingerprint density at radius 2 is 1.95 bits per heavy atom. The van der Waals surface area contributed by atoms with Crippen molar-refractivity contribution in [1.29, 1.82) is 0 Å². The number of rotatable bonds is 10. The van der Waals surface area contributed by atoms with Gasteiger partial charge in [0, 0.05) is 23.2 Å². The Labute approximate surface area is 249 Å². The van der Waals surface area contributed by atoms with Gasteiger partial charge < -0.3 is 41.6 Å². The molecule has 4 rings (SSSR count). The second-order valence-electron chi connectivity index (χ2n) is 9.54. The Hall–Kier alpha value is -4.91. The zero-order valence-corrected chi connectivity index (χ0v) is 23.8. The van der Waals surface area contributed by atoms with Gasteiger partial charge in [-0.15, -0.1) is 23.1 Å². The van der Waals surface area contributed by atoms with Gasteiger partial charge in [0.2, 0.25) is 5.60 Å². The normalized spacial score (nSPS) is 18.4. The van der Waals surface area contributed by atoms with Crippen molar-refractivity contribution in [3.05, 3.63) is 45.9 Å². The molecule has 2 atom stereocenters. The number of hydrogen-bond acceptors (Lipinski definition) is 13. The van der Waals surface area contributed by atoms with Crippen LogP contribution in [0.15, 0.2) is 33.9 Å². The predicted molar refractivity (Wildman–Crippen MR) is 148 cm³/mol. The van der Waals surface area contributed by atoms with Crippen molar-refractivity contribution in [1.82, 2.24) is 20.5 Å². The van der Waals surface area contributed by atoms with Gasteiger partial charge in [-0.25, -0.2) is 19.0 Å². The average molecular weight is 639 g/mol. The quantitative estimate of drug-likeness (QED) is 0.0786. The fourth-order valence-electron chi connectivity index (χ4n) is 3.83. The third-order valence-electron chi connectivity index (χ3n) is 6.16. The number of phenols is 2. The molecular weight excluding hydrogens is 615 g/mol. The van der Waals surface area contributed by atoms with Crippen molar-refractivity contribution in [2.24, 2.45) is 5.16 Å². The SMILES string of the molecule is CC(C)(O/N=C(\C(=O)NC1C(=O)N2C(C(=O)O)=C(CNC(=O)c3cc(O)c(O)c(F)c3)CS[C@@H]12)c1csc(N)n1)C(=O)O. The Bertz CT molecular complexity index is 1580. The number of β-lactam (4-membered cyclic amide) rings is 1. The predicted octanol–water partition coefficient (Wildman–Crippen LogP) is 0.0281. The highest BCUT2D eigenvalue weighted by atomic mass is 32.2. The second-order valence-corrected chi connectivity index (χ2v) is 11.5. The molecule has 0 saturated carbocycles. The third-order valence-corrected chi connectivity index (χ3v) is 8.18. The van der Waals surface area contributed by atoms with Crippen LogP contribution >= 0.6 is 23.1 Å². The van der Waals surface area contributed by atoms with Crippen LogP contribution in [0.2, 0.25) is 0 Å². The maximum Gasteiger partial charge on any atom is 0.352 e. The van der Waals surface area contributed by atoms with Gasteiger partial charge in [0.15, 0.2) is 28.2 Å². The number of aliphatic carboxylic acids is 2. The van der Waals surface area contributed by atoms with Gasteiger partial charge in [-0.05, 0) is 31.6 Å². The third kappa shape index (κ3) is 6.16. The van der Waals surface area contributed by atoms with Crippen LogP contribution in [-0.2, 0) is 24.0 Å². The number of carboxylic acids is 2. The molecule has 0 aliphatic carbocycles. The Morgan fingerprint density at radius 3 is 2.53 bits per heavy atom. The van der Waals surface area contributed by atoms with Crippen molar-refractivity contribution >= 4 is 63.6 Å². The highest BCUT2D eigenvalue weighted by Gasteiger charge is 2.54. The van der Waals surface area contributed by atoms with Gasteiger partial charge in [0.1, 0.15) is 22.8 Å². The van der Waals surface area contributed by atoms with Gasteiger partial charge >= 0.3 is 11.9 Å². The van der Waals surface area contributed by atoms with E-state index in [9.17, 15) is 48.8 Å². The molecule has 3 heterocycles. The summed E-state index contributed by atoms with van der Waals surface area (Å²) in [6.07, 6.45) is 0. The van der Waals surface area contributed by atoms with Crippen LogP contribution in [0.5, 0.6) is 11.5 Å². The molecule has 1 aromatic heterocycles. The Morgan fingerprint density at radius 1 is 1.26 bits per heavy atom. The topological polar surface area (TPSA) is 254 Å². The van der Waals surface area contributed by atoms with E-state index in [2.05, 4.69) is 20.8 Å². The number of nitrogen functional groups attached to an aromatic ring is 1. The van der Waals surface area contributed by atoms with Crippen LogP contribution in [-0.4, -0.2) is 95.0 Å². The number of anilines is 1. The standard InChI is InChI=1S/C24H23FN6O10S2/c1-24(2,22(39)40)41-30-13(11-7-43-23(26)28-11)18(35)29-14-19(36)31-15(21(37)38)9(6-42-20(14)31)5-27-17(34)8-3-10(25)16(33)12(32)4-8/h3-4,7,14,20,32-33H,5-6H2,1-2H3,(H2,26,28)(H,27,34)(H,29,35)(H,37,38)(H,39,40)/b30-13-/t14?,20-/m0/s1. The molecule has 16 nitrogen and oxygen atoms in total. The van der Waals surface area contributed by atoms with E-state index in [-0.39, 0.29) is 34.3 Å². The summed E-state index contributed by atoms with van der Waals surface area (Å²) in [5.74, 6) is -8.63. The number of aromatic hydroxyl groups is 2. The van der Waals surface area contributed by atoms with Gasteiger partial charge in [-0.1, -0.05) is 5.16 Å². The number of amides is 3. The van der Waals surface area contributed by atoms with Crippen LogP contribution in [0, 0.1) is 5.82 Å². The zero-order chi connectivity index (χ0) is 31.8. The van der Waals surface area contributed by atoms with Crippen LogP contribution in [0.1, 0.15) is 29.9 Å². The number of halogens is 1. The van der Waals surface area contributed by atoms with Crippen molar-refractivity contribution in [2.75, 3.05) is 18.0 Å². The first-order chi connectivity index (χ1) is 20.1. The highest BCUT2D eigenvalue weighted by molar-refractivity contribution is 8.00. The molecule has 0 radical (unpaired) electrons. The fraction of sp³-hybridized carbons (Fsp3) is 0.292. The molecule has 19 heteroatoms. The van der Waals surface area contributed by atoms with Crippen LogP contribution in [0.4, 0.5) is 9.52 Å². The zero-order valence-electron chi connectivity index (χ0n) is 22.2. The first-order valence-electron chi connectivity index (χ1n) is 12.0. The lowest BCUT2D eigenvalue weighted by Crippen LogP contribution is -2.71. The molecule has 228 valence electrons. The van der Waals surface area contributed by atoms with Crippen LogP contribution in [0.25, 0.3) is 0 Å². The molecule has 8 N–H and O–H groups in total. The van der Waals surface area contributed by atoms with Crippen molar-refractivity contribution in [2.45, 2.75) is 30.9 Å². The van der Waals surface area contributed by atoms with Gasteiger partial charge in [0.05, 0.1) is 0 Å². The lowest BCUT2D eigenvalue weighted by atomic mass is 10.0. The molecule has 3 amide bonds. The number of benzene rings is 1. The van der Waals surface area contributed by atoms with E-state index in [0.29, 0.717) is 6.07 Å². The van der Waals surface area contributed by atoms with Crippen molar-refractivity contribution in [3.63, 3.8) is 0 Å². The minimum atomic E-state index is -1.82. The van der Waals surface area contributed by atoms with E-state index >= 15 is 0 Å². The molecule has 1 saturated heterocycles. The average Bonchev–Trinajstić information content (AvgIpc) is 3.37. The number of nitrogens with two attached hydrogens (primary N) is 1. The number of hydrogen-bond donors (Lipinski definition) is 7. The van der Waals surface area contributed by atoms with E-state index in [1.807, 2.05) is 0 Å². The summed E-state index contributed by atoms with van der Waals surface area (Å²) >= 11 is 2.06. The molecule has 0 spiro atoms. The Kier molecular flexibility index (Phi) is 8.49. The summed E-state index contributed by atoms with van der Waals surface area (Å²) in [5.41, 5.74) is 2.67. The van der Waals surface area contributed by atoms with E-state index in [4.69, 9.17) is 10.6 Å². The summed E-state index contributed by atoms with van der Waals surface area (Å²) in [5, 5.41) is 47.1. The van der Waals surface area contributed by atoms with E-state index < -0.39 is 75.4 Å². The Balaban J connectivity index is 1.50. The minimum Gasteiger partial charge on any atom is -0.504 e. The molecule has 43 heavy (non-hydrogen) atoms. The maximum absolute atomic E-state index is 13.7. The number of carboxylic acid groups (broad SMARTS) is 2. The lowest BCUT2D eigenvalue weighted by Gasteiger charge is -2.49. The first-order valence-corrected chi connectivity index (χ1v) is 14.0. The molecule has 1 aromatic carbocycles. The summed E-state index contributed by atoms with van der Waals surface area (Å²) in [6, 6.07) is 0.295. The molecule has 2 aromatic rings. The van der Waals surface area contributed by atoms with Gasteiger partial charge in [-0.2, -0.15) is 0 Å². The number of thioether (sulfide) groups is 1. The number of oxime groups is 1. The van der Waals surface area contributed by atoms with Crippen molar-refractivity contribution < 1.29 is 53.6 Å². The number of aromatic nitrogens is 1.